The van der Waals surface area contributed by atoms with E-state index in [-0.39, 0.29) is 0 Å². The third kappa shape index (κ3) is 4.70. The van der Waals surface area contributed by atoms with Gasteiger partial charge in [0.05, 0.1) is 5.02 Å². The van der Waals surface area contributed by atoms with Crippen LogP contribution in [-0.4, -0.2) is 11.5 Å². The number of pyridine rings is 1. The fourth-order valence-electron chi connectivity index (χ4n) is 1.89. The number of nitrogens with one attached hydrogen (secondary N) is 1. The zero-order chi connectivity index (χ0) is 15.2. The highest BCUT2D eigenvalue weighted by atomic mass is 79.9. The maximum Gasteiger partial charge on any atom is 0.219 e. The van der Waals surface area contributed by atoms with Crippen molar-refractivity contribution in [3.63, 3.8) is 0 Å². The molecule has 0 saturated heterocycles. The predicted octanol–water partition coefficient (Wildman–Crippen LogP) is 5.10. The standard InChI is InChI=1S/C16H18BrClN2O/c1-3-6-19-9-12-8-16(20-10-14(12)18)21-15-5-4-13(17)7-11(15)2/h4-5,7-8,10,19H,3,6,9H2,1-2H3. The van der Waals surface area contributed by atoms with Gasteiger partial charge in [0.1, 0.15) is 5.75 Å². The lowest BCUT2D eigenvalue weighted by atomic mass is 10.2. The molecule has 0 radical (unpaired) electrons. The molecule has 21 heavy (non-hydrogen) atoms. The van der Waals surface area contributed by atoms with Crippen molar-refractivity contribution in [2.45, 2.75) is 26.8 Å². The van der Waals surface area contributed by atoms with E-state index in [0.717, 1.165) is 34.3 Å². The van der Waals surface area contributed by atoms with Crippen LogP contribution in [0.25, 0.3) is 0 Å². The van der Waals surface area contributed by atoms with E-state index in [4.69, 9.17) is 16.3 Å². The zero-order valence-electron chi connectivity index (χ0n) is 12.1. The van der Waals surface area contributed by atoms with E-state index >= 15 is 0 Å². The molecule has 0 spiro atoms. The molecule has 0 fully saturated rings. The van der Waals surface area contributed by atoms with Gasteiger partial charge in [-0.25, -0.2) is 4.98 Å². The first-order chi connectivity index (χ1) is 10.1. The smallest absolute Gasteiger partial charge is 0.219 e. The first-order valence-electron chi connectivity index (χ1n) is 6.89. The van der Waals surface area contributed by atoms with Crippen LogP contribution in [0.4, 0.5) is 0 Å². The number of hydrogen-bond donors (Lipinski definition) is 1. The molecule has 0 aliphatic heterocycles. The highest BCUT2D eigenvalue weighted by Crippen LogP contribution is 2.28. The molecule has 2 rings (SSSR count). The summed E-state index contributed by atoms with van der Waals surface area (Å²) in [5, 5.41) is 3.98. The minimum Gasteiger partial charge on any atom is -0.439 e. The number of halogens is 2. The second-order valence-electron chi connectivity index (χ2n) is 4.80. The van der Waals surface area contributed by atoms with Gasteiger partial charge in [0.2, 0.25) is 5.88 Å². The molecule has 2 aromatic rings. The van der Waals surface area contributed by atoms with E-state index in [0.29, 0.717) is 17.4 Å². The van der Waals surface area contributed by atoms with Crippen molar-refractivity contribution in [2.24, 2.45) is 0 Å². The Bertz CT molecular complexity index is 619. The van der Waals surface area contributed by atoms with Gasteiger partial charge in [0, 0.05) is 23.3 Å². The SMILES string of the molecule is CCCNCc1cc(Oc2ccc(Br)cc2C)ncc1Cl. The third-order valence-electron chi connectivity index (χ3n) is 3.00. The summed E-state index contributed by atoms with van der Waals surface area (Å²) < 4.78 is 6.88. The van der Waals surface area contributed by atoms with E-state index < -0.39 is 0 Å². The van der Waals surface area contributed by atoms with Gasteiger partial charge in [0.15, 0.2) is 0 Å². The van der Waals surface area contributed by atoms with Crippen molar-refractivity contribution in [1.29, 1.82) is 0 Å². The quantitative estimate of drug-likeness (QED) is 0.719. The molecule has 3 nitrogen and oxygen atoms in total. The molecule has 0 saturated carbocycles. The van der Waals surface area contributed by atoms with Crippen LogP contribution in [0.2, 0.25) is 5.02 Å². The molecular formula is C16H18BrClN2O. The number of rotatable bonds is 6. The lowest BCUT2D eigenvalue weighted by Gasteiger charge is -2.11. The summed E-state index contributed by atoms with van der Waals surface area (Å²) in [4.78, 5) is 4.23. The van der Waals surface area contributed by atoms with E-state index in [1.54, 1.807) is 6.20 Å². The number of benzene rings is 1. The molecule has 112 valence electrons. The molecule has 1 aromatic heterocycles. The van der Waals surface area contributed by atoms with Crippen molar-refractivity contribution < 1.29 is 4.74 Å². The molecule has 0 aliphatic rings. The fourth-order valence-corrected chi connectivity index (χ4v) is 2.54. The van der Waals surface area contributed by atoms with Gasteiger partial charge in [-0.15, -0.1) is 0 Å². The van der Waals surface area contributed by atoms with E-state index in [9.17, 15) is 0 Å². The van der Waals surface area contributed by atoms with Crippen molar-refractivity contribution >= 4 is 27.5 Å². The number of hydrogen-bond acceptors (Lipinski definition) is 3. The van der Waals surface area contributed by atoms with Crippen molar-refractivity contribution in [1.82, 2.24) is 10.3 Å². The summed E-state index contributed by atoms with van der Waals surface area (Å²) in [5.74, 6) is 1.35. The lowest BCUT2D eigenvalue weighted by molar-refractivity contribution is 0.458. The van der Waals surface area contributed by atoms with Crippen LogP contribution in [0.1, 0.15) is 24.5 Å². The van der Waals surface area contributed by atoms with Gasteiger partial charge in [-0.2, -0.15) is 0 Å². The summed E-state index contributed by atoms with van der Waals surface area (Å²) in [6, 6.07) is 7.76. The number of aromatic nitrogens is 1. The van der Waals surface area contributed by atoms with Crippen molar-refractivity contribution in [3.05, 3.63) is 51.1 Å². The maximum atomic E-state index is 6.17. The van der Waals surface area contributed by atoms with Crippen LogP contribution in [-0.2, 0) is 6.54 Å². The molecule has 0 atom stereocenters. The summed E-state index contributed by atoms with van der Waals surface area (Å²) in [5.41, 5.74) is 2.04. The number of nitrogens with zero attached hydrogens (tertiary/aromatic N) is 1. The Morgan fingerprint density at radius 2 is 2.14 bits per heavy atom. The first-order valence-corrected chi connectivity index (χ1v) is 8.06. The average Bonchev–Trinajstić information content (AvgIpc) is 2.45. The van der Waals surface area contributed by atoms with Gasteiger partial charge in [-0.05, 0) is 49.2 Å². The molecule has 0 bridgehead atoms. The Labute approximate surface area is 138 Å². The highest BCUT2D eigenvalue weighted by Gasteiger charge is 2.07. The van der Waals surface area contributed by atoms with Gasteiger partial charge in [-0.3, -0.25) is 0 Å². The second-order valence-corrected chi connectivity index (χ2v) is 6.13. The molecule has 1 aromatic carbocycles. The van der Waals surface area contributed by atoms with Crippen LogP contribution >= 0.6 is 27.5 Å². The van der Waals surface area contributed by atoms with Gasteiger partial charge in [-0.1, -0.05) is 34.5 Å². The maximum absolute atomic E-state index is 6.17. The minimum absolute atomic E-state index is 0.554. The fraction of sp³-hybridized carbons (Fsp3) is 0.312. The normalized spacial score (nSPS) is 10.7. The minimum atomic E-state index is 0.554. The predicted molar refractivity (Wildman–Crippen MR) is 90.2 cm³/mol. The van der Waals surface area contributed by atoms with E-state index in [1.807, 2.05) is 31.2 Å². The molecule has 1 heterocycles. The number of ether oxygens (including phenoxy) is 1. The number of aryl methyl sites for hydroxylation is 1. The molecule has 0 aliphatic carbocycles. The summed E-state index contributed by atoms with van der Waals surface area (Å²) in [6.45, 7) is 5.80. The molecule has 0 unspecified atom stereocenters. The Balaban J connectivity index is 2.14. The zero-order valence-corrected chi connectivity index (χ0v) is 14.5. The second kappa shape index (κ2) is 7.78. The van der Waals surface area contributed by atoms with Crippen LogP contribution in [0.3, 0.4) is 0 Å². The Morgan fingerprint density at radius 3 is 2.86 bits per heavy atom. The van der Waals surface area contributed by atoms with Crippen LogP contribution in [0.15, 0.2) is 34.9 Å². The average molecular weight is 370 g/mol. The Hall–Kier alpha value is -1.10. The third-order valence-corrected chi connectivity index (χ3v) is 3.84. The Kier molecular flexibility index (Phi) is 6.03. The molecular weight excluding hydrogens is 352 g/mol. The van der Waals surface area contributed by atoms with E-state index in [1.165, 1.54) is 0 Å². The summed E-state index contributed by atoms with van der Waals surface area (Å²) >= 11 is 9.61. The summed E-state index contributed by atoms with van der Waals surface area (Å²) in [6.07, 6.45) is 2.72. The highest BCUT2D eigenvalue weighted by molar-refractivity contribution is 9.10. The van der Waals surface area contributed by atoms with E-state index in [2.05, 4.69) is 33.2 Å². The van der Waals surface area contributed by atoms with Crippen LogP contribution in [0.5, 0.6) is 11.6 Å². The molecule has 0 amide bonds. The molecule has 1 N–H and O–H groups in total. The molecule has 5 heteroatoms. The van der Waals surface area contributed by atoms with Gasteiger partial charge in [0.25, 0.3) is 0 Å². The van der Waals surface area contributed by atoms with Crippen molar-refractivity contribution in [3.8, 4) is 11.6 Å². The monoisotopic (exact) mass is 368 g/mol. The van der Waals surface area contributed by atoms with Crippen LogP contribution in [0, 0.1) is 6.92 Å². The summed E-state index contributed by atoms with van der Waals surface area (Å²) in [7, 11) is 0. The largest absolute Gasteiger partial charge is 0.439 e. The first kappa shape index (κ1) is 16.3. The van der Waals surface area contributed by atoms with Crippen molar-refractivity contribution in [2.75, 3.05) is 6.54 Å². The van der Waals surface area contributed by atoms with Gasteiger partial charge < -0.3 is 10.1 Å². The lowest BCUT2D eigenvalue weighted by Crippen LogP contribution is -2.14. The topological polar surface area (TPSA) is 34.1 Å². The van der Waals surface area contributed by atoms with Crippen LogP contribution < -0.4 is 10.1 Å². The Morgan fingerprint density at radius 1 is 1.33 bits per heavy atom. The van der Waals surface area contributed by atoms with Gasteiger partial charge >= 0.3 is 0 Å².